The van der Waals surface area contributed by atoms with E-state index in [4.69, 9.17) is 11.6 Å². The van der Waals surface area contributed by atoms with Crippen molar-refractivity contribution in [3.05, 3.63) is 46.5 Å². The molecule has 1 atom stereocenters. The first-order chi connectivity index (χ1) is 9.19. The zero-order valence-electron chi connectivity index (χ0n) is 11.2. The lowest BCUT2D eigenvalue weighted by Gasteiger charge is -2.16. The van der Waals surface area contributed by atoms with E-state index >= 15 is 0 Å². The van der Waals surface area contributed by atoms with Gasteiger partial charge in [-0.2, -0.15) is 5.10 Å². The Morgan fingerprint density at radius 1 is 1.42 bits per heavy atom. The van der Waals surface area contributed by atoms with Gasteiger partial charge in [0, 0.05) is 12.7 Å². The van der Waals surface area contributed by atoms with Crippen LogP contribution in [0.25, 0.3) is 0 Å². The van der Waals surface area contributed by atoms with Crippen LogP contribution in [-0.4, -0.2) is 19.9 Å². The summed E-state index contributed by atoms with van der Waals surface area (Å²) in [6.45, 7) is 4.83. The van der Waals surface area contributed by atoms with Crippen LogP contribution in [0.5, 0.6) is 0 Å². The molecule has 0 aromatic carbocycles. The van der Waals surface area contributed by atoms with E-state index in [9.17, 15) is 5.11 Å². The highest BCUT2D eigenvalue weighted by Gasteiger charge is 2.22. The summed E-state index contributed by atoms with van der Waals surface area (Å²) in [7, 11) is 0. The highest BCUT2D eigenvalue weighted by molar-refractivity contribution is 6.31. The number of hydrogen-bond acceptors (Lipinski definition) is 3. The van der Waals surface area contributed by atoms with Gasteiger partial charge in [0.25, 0.3) is 0 Å². The van der Waals surface area contributed by atoms with Crippen molar-refractivity contribution >= 4 is 11.6 Å². The van der Waals surface area contributed by atoms with E-state index in [1.54, 1.807) is 17.1 Å². The Hall–Kier alpha value is -1.39. The first-order valence-electron chi connectivity index (χ1n) is 6.52. The molecule has 2 rings (SSSR count). The molecule has 0 aliphatic carbocycles. The van der Waals surface area contributed by atoms with Gasteiger partial charge in [-0.1, -0.05) is 31.5 Å². The monoisotopic (exact) mass is 279 g/mol. The molecule has 2 aromatic heterocycles. The molecular formula is C14H18ClN3O. The van der Waals surface area contributed by atoms with Gasteiger partial charge in [0.05, 0.1) is 22.6 Å². The van der Waals surface area contributed by atoms with Crippen LogP contribution in [0, 0.1) is 0 Å². The third-order valence-electron chi connectivity index (χ3n) is 3.09. The van der Waals surface area contributed by atoms with E-state index in [1.807, 2.05) is 19.1 Å². The molecule has 0 radical (unpaired) electrons. The van der Waals surface area contributed by atoms with Crippen molar-refractivity contribution in [3.8, 4) is 0 Å². The largest absolute Gasteiger partial charge is 0.380 e. The molecule has 0 saturated heterocycles. The van der Waals surface area contributed by atoms with Crippen LogP contribution in [0.4, 0.5) is 0 Å². The van der Waals surface area contributed by atoms with Gasteiger partial charge in [-0.25, -0.2) is 0 Å². The van der Waals surface area contributed by atoms with Crippen LogP contribution in [0.15, 0.2) is 24.5 Å². The van der Waals surface area contributed by atoms with Crippen LogP contribution in [0.2, 0.25) is 5.02 Å². The smallest absolute Gasteiger partial charge is 0.139 e. The van der Waals surface area contributed by atoms with Crippen molar-refractivity contribution in [2.45, 2.75) is 39.3 Å². The van der Waals surface area contributed by atoms with Gasteiger partial charge >= 0.3 is 0 Å². The quantitative estimate of drug-likeness (QED) is 0.915. The molecule has 4 nitrogen and oxygen atoms in total. The molecule has 0 bridgehead atoms. The third kappa shape index (κ3) is 2.80. The number of pyridine rings is 1. The number of nitrogens with zero attached hydrogens (tertiary/aromatic N) is 3. The van der Waals surface area contributed by atoms with E-state index in [1.165, 1.54) is 0 Å². The average Bonchev–Trinajstić information content (AvgIpc) is 2.79. The number of hydrogen-bond donors (Lipinski definition) is 1. The molecule has 0 saturated carbocycles. The number of aliphatic hydroxyl groups is 1. The molecule has 0 aliphatic rings. The SMILES string of the molecule is CCCn1ncc(Cl)c1C(O)c1ncccc1CC. The van der Waals surface area contributed by atoms with Crippen molar-refractivity contribution in [2.24, 2.45) is 0 Å². The van der Waals surface area contributed by atoms with E-state index in [-0.39, 0.29) is 0 Å². The van der Waals surface area contributed by atoms with Crippen molar-refractivity contribution in [3.63, 3.8) is 0 Å². The van der Waals surface area contributed by atoms with Gasteiger partial charge in [0.15, 0.2) is 0 Å². The standard InChI is InChI=1S/C14H18ClN3O/c1-3-8-18-13(11(15)9-17-18)14(19)12-10(4-2)6-5-7-16-12/h5-7,9,14,19H,3-4,8H2,1-2H3. The second-order valence-electron chi connectivity index (χ2n) is 4.40. The zero-order valence-corrected chi connectivity index (χ0v) is 11.9. The molecule has 102 valence electrons. The van der Waals surface area contributed by atoms with Gasteiger partial charge in [0.2, 0.25) is 0 Å². The predicted molar refractivity (Wildman–Crippen MR) is 75.2 cm³/mol. The van der Waals surface area contributed by atoms with E-state index in [0.29, 0.717) is 16.4 Å². The first kappa shape index (κ1) is 14.0. The summed E-state index contributed by atoms with van der Waals surface area (Å²) in [6, 6.07) is 3.85. The highest BCUT2D eigenvalue weighted by Crippen LogP contribution is 2.29. The Morgan fingerprint density at radius 3 is 2.89 bits per heavy atom. The molecule has 2 heterocycles. The van der Waals surface area contributed by atoms with Crippen LogP contribution in [0.3, 0.4) is 0 Å². The van der Waals surface area contributed by atoms with Crippen LogP contribution in [-0.2, 0) is 13.0 Å². The van der Waals surface area contributed by atoms with Gasteiger partial charge in [0.1, 0.15) is 6.10 Å². The van der Waals surface area contributed by atoms with Crippen LogP contribution in [0.1, 0.15) is 43.3 Å². The summed E-state index contributed by atoms with van der Waals surface area (Å²) in [5.74, 6) is 0. The second kappa shape index (κ2) is 6.17. The van der Waals surface area contributed by atoms with Crippen molar-refractivity contribution < 1.29 is 5.11 Å². The summed E-state index contributed by atoms with van der Waals surface area (Å²) in [5.41, 5.74) is 2.30. The minimum absolute atomic E-state index is 0.480. The molecule has 0 aliphatic heterocycles. The molecule has 2 aromatic rings. The maximum atomic E-state index is 10.6. The number of aliphatic hydroxyl groups excluding tert-OH is 1. The van der Waals surface area contributed by atoms with Gasteiger partial charge < -0.3 is 5.11 Å². The fourth-order valence-electron chi connectivity index (χ4n) is 2.16. The summed E-state index contributed by atoms with van der Waals surface area (Å²) < 4.78 is 1.75. The Kier molecular flexibility index (Phi) is 4.56. The Labute approximate surface area is 118 Å². The summed E-state index contributed by atoms with van der Waals surface area (Å²) in [6.07, 6.45) is 4.18. The zero-order chi connectivity index (χ0) is 13.8. The van der Waals surface area contributed by atoms with Gasteiger partial charge in [-0.15, -0.1) is 0 Å². The number of aromatic nitrogens is 3. The number of aryl methyl sites for hydroxylation is 2. The Bertz CT molecular complexity index is 553. The maximum Gasteiger partial charge on any atom is 0.139 e. The van der Waals surface area contributed by atoms with Crippen molar-refractivity contribution in [2.75, 3.05) is 0 Å². The van der Waals surface area contributed by atoms with E-state index < -0.39 is 6.10 Å². The summed E-state index contributed by atoms with van der Waals surface area (Å²) >= 11 is 6.15. The lowest BCUT2D eigenvalue weighted by atomic mass is 10.0. The lowest BCUT2D eigenvalue weighted by molar-refractivity contribution is 0.201. The highest BCUT2D eigenvalue weighted by atomic mass is 35.5. The van der Waals surface area contributed by atoms with Crippen molar-refractivity contribution in [1.82, 2.24) is 14.8 Å². The van der Waals surface area contributed by atoms with Crippen LogP contribution < -0.4 is 0 Å². The molecule has 1 N–H and O–H groups in total. The molecule has 19 heavy (non-hydrogen) atoms. The van der Waals surface area contributed by atoms with Gasteiger partial charge in [-0.3, -0.25) is 9.67 Å². The molecule has 1 unspecified atom stereocenters. The average molecular weight is 280 g/mol. The predicted octanol–water partition coefficient (Wildman–Crippen LogP) is 2.99. The summed E-state index contributed by atoms with van der Waals surface area (Å²) in [5, 5.41) is 15.3. The minimum Gasteiger partial charge on any atom is -0.380 e. The Balaban J connectivity index is 2.43. The van der Waals surface area contributed by atoms with E-state index in [0.717, 1.165) is 24.9 Å². The lowest BCUT2D eigenvalue weighted by Crippen LogP contribution is -2.13. The fraction of sp³-hybridized carbons (Fsp3) is 0.429. The number of rotatable bonds is 5. The summed E-state index contributed by atoms with van der Waals surface area (Å²) in [4.78, 5) is 4.30. The van der Waals surface area contributed by atoms with Crippen LogP contribution >= 0.6 is 11.6 Å². The van der Waals surface area contributed by atoms with Crippen molar-refractivity contribution in [1.29, 1.82) is 0 Å². The fourth-order valence-corrected chi connectivity index (χ4v) is 2.40. The first-order valence-corrected chi connectivity index (χ1v) is 6.89. The third-order valence-corrected chi connectivity index (χ3v) is 3.38. The molecule has 5 heteroatoms. The number of halogens is 1. The minimum atomic E-state index is -0.835. The Morgan fingerprint density at radius 2 is 2.21 bits per heavy atom. The molecule has 0 amide bonds. The maximum absolute atomic E-state index is 10.6. The second-order valence-corrected chi connectivity index (χ2v) is 4.81. The van der Waals surface area contributed by atoms with E-state index in [2.05, 4.69) is 17.0 Å². The van der Waals surface area contributed by atoms with Gasteiger partial charge in [-0.05, 0) is 24.5 Å². The topological polar surface area (TPSA) is 50.9 Å². The normalized spacial score (nSPS) is 12.6. The molecule has 0 fully saturated rings. The molecular weight excluding hydrogens is 262 g/mol. The molecule has 0 spiro atoms.